The molecule has 0 saturated heterocycles. The van der Waals surface area contributed by atoms with Crippen molar-refractivity contribution in [2.75, 3.05) is 0 Å². The predicted molar refractivity (Wildman–Crippen MR) is 92.2 cm³/mol. The summed E-state index contributed by atoms with van der Waals surface area (Å²) in [4.78, 5) is 24.5. The maximum Gasteiger partial charge on any atom is 0.408 e. The first kappa shape index (κ1) is 19.2. The quantitative estimate of drug-likeness (QED) is 0.796. The van der Waals surface area contributed by atoms with Gasteiger partial charge in [0.15, 0.2) is 0 Å². The number of amides is 1. The van der Waals surface area contributed by atoms with Gasteiger partial charge in [-0.05, 0) is 32.8 Å². The fraction of sp³-hybridized carbons (Fsp3) is 0.579. The zero-order valence-corrected chi connectivity index (χ0v) is 14.9. The van der Waals surface area contributed by atoms with Crippen molar-refractivity contribution in [1.29, 1.82) is 0 Å². The number of hydrogen-bond acceptors (Lipinski definition) is 3. The highest BCUT2D eigenvalue weighted by Gasteiger charge is 2.28. The van der Waals surface area contributed by atoms with Crippen molar-refractivity contribution in [1.82, 2.24) is 5.32 Å². The average molecular weight is 319 g/mol. The number of nitrogens with one attached hydrogen (secondary N) is 1. The van der Waals surface area contributed by atoms with Gasteiger partial charge in [0.1, 0.15) is 11.4 Å². The van der Waals surface area contributed by atoms with Crippen LogP contribution in [0.1, 0.15) is 65.5 Å². The molecule has 0 bridgehead atoms. The number of benzene rings is 1. The molecule has 1 aromatic carbocycles. The third-order valence-electron chi connectivity index (χ3n) is 3.62. The standard InChI is InChI=1S/C19H29NO3/c1-6-7-13-16(21)14(2)17(15-11-9-8-10-12-15)20-18(22)23-19(3,4)5/h8-12,14,17H,6-7,13H2,1-5H3,(H,20,22)/t14-,17+/m0/s1. The average Bonchev–Trinajstić information content (AvgIpc) is 2.48. The van der Waals surface area contributed by atoms with Crippen molar-refractivity contribution in [3.05, 3.63) is 35.9 Å². The van der Waals surface area contributed by atoms with E-state index in [-0.39, 0.29) is 17.7 Å². The molecule has 4 nitrogen and oxygen atoms in total. The first-order chi connectivity index (χ1) is 10.7. The van der Waals surface area contributed by atoms with Crippen molar-refractivity contribution in [2.24, 2.45) is 5.92 Å². The van der Waals surface area contributed by atoms with E-state index in [9.17, 15) is 9.59 Å². The Hall–Kier alpha value is -1.84. The zero-order valence-electron chi connectivity index (χ0n) is 14.9. The second-order valence-corrected chi connectivity index (χ2v) is 6.89. The van der Waals surface area contributed by atoms with Crippen LogP contribution in [-0.4, -0.2) is 17.5 Å². The minimum atomic E-state index is -0.569. The van der Waals surface area contributed by atoms with Crippen molar-refractivity contribution in [2.45, 2.75) is 65.5 Å². The molecule has 1 rings (SSSR count). The molecule has 0 unspecified atom stereocenters. The van der Waals surface area contributed by atoms with Gasteiger partial charge in [-0.2, -0.15) is 0 Å². The van der Waals surface area contributed by atoms with E-state index < -0.39 is 11.7 Å². The lowest BCUT2D eigenvalue weighted by Crippen LogP contribution is -2.39. The van der Waals surface area contributed by atoms with Crippen LogP contribution >= 0.6 is 0 Å². The van der Waals surface area contributed by atoms with Gasteiger partial charge in [0, 0.05) is 12.3 Å². The second kappa shape index (κ2) is 8.70. The third-order valence-corrected chi connectivity index (χ3v) is 3.62. The Bertz CT molecular complexity index is 505. The predicted octanol–water partition coefficient (Wildman–Crippen LogP) is 4.65. The van der Waals surface area contributed by atoms with Crippen molar-refractivity contribution >= 4 is 11.9 Å². The molecule has 0 saturated carbocycles. The monoisotopic (exact) mass is 319 g/mol. The summed E-state index contributed by atoms with van der Waals surface area (Å²) >= 11 is 0. The summed E-state index contributed by atoms with van der Waals surface area (Å²) in [5.74, 6) is -0.131. The third kappa shape index (κ3) is 6.85. The van der Waals surface area contributed by atoms with E-state index in [4.69, 9.17) is 4.74 Å². The molecular formula is C19H29NO3. The number of alkyl carbamates (subject to hydrolysis) is 1. The highest BCUT2D eigenvalue weighted by Crippen LogP contribution is 2.25. The maximum atomic E-state index is 12.4. The SMILES string of the molecule is CCCCC(=O)[C@H](C)[C@@H](NC(=O)OC(C)(C)C)c1ccccc1. The molecule has 0 heterocycles. The molecule has 128 valence electrons. The molecule has 4 heteroatoms. The van der Waals surface area contributed by atoms with E-state index in [1.54, 1.807) is 0 Å². The molecule has 0 spiro atoms. The number of Topliss-reactive ketones (excluding diaryl/α,β-unsaturated/α-hetero) is 1. The Labute approximate surface area is 139 Å². The molecule has 1 aromatic rings. The van der Waals surface area contributed by atoms with E-state index in [1.165, 1.54) is 0 Å². The minimum absolute atomic E-state index is 0.164. The topological polar surface area (TPSA) is 55.4 Å². The van der Waals surface area contributed by atoms with Crippen LogP contribution in [0, 0.1) is 5.92 Å². The number of hydrogen-bond donors (Lipinski definition) is 1. The van der Waals surface area contributed by atoms with Gasteiger partial charge in [0.25, 0.3) is 0 Å². The van der Waals surface area contributed by atoms with Crippen LogP contribution in [0.3, 0.4) is 0 Å². The van der Waals surface area contributed by atoms with Gasteiger partial charge in [-0.3, -0.25) is 4.79 Å². The van der Waals surface area contributed by atoms with E-state index in [0.717, 1.165) is 18.4 Å². The van der Waals surface area contributed by atoms with E-state index in [1.807, 2.05) is 58.0 Å². The molecule has 1 amide bonds. The Morgan fingerprint density at radius 3 is 2.30 bits per heavy atom. The van der Waals surface area contributed by atoms with Gasteiger partial charge < -0.3 is 10.1 Å². The van der Waals surface area contributed by atoms with Crippen LogP contribution in [0.4, 0.5) is 4.79 Å². The van der Waals surface area contributed by atoms with Gasteiger partial charge in [-0.15, -0.1) is 0 Å². The first-order valence-corrected chi connectivity index (χ1v) is 8.31. The van der Waals surface area contributed by atoms with Crippen LogP contribution in [0.2, 0.25) is 0 Å². The Morgan fingerprint density at radius 1 is 1.17 bits per heavy atom. The normalized spacial score (nSPS) is 14.0. The fourth-order valence-corrected chi connectivity index (χ4v) is 2.36. The van der Waals surface area contributed by atoms with Gasteiger partial charge in [0.05, 0.1) is 6.04 Å². The van der Waals surface area contributed by atoms with E-state index in [0.29, 0.717) is 6.42 Å². The molecule has 0 aromatic heterocycles. The molecule has 0 aliphatic carbocycles. The summed E-state index contributed by atoms with van der Waals surface area (Å²) in [6.45, 7) is 9.39. The second-order valence-electron chi connectivity index (χ2n) is 6.89. The van der Waals surface area contributed by atoms with Crippen LogP contribution in [0.15, 0.2) is 30.3 Å². The molecule has 0 aliphatic heterocycles. The Balaban J connectivity index is 2.90. The van der Waals surface area contributed by atoms with Gasteiger partial charge in [-0.1, -0.05) is 50.6 Å². The number of unbranched alkanes of at least 4 members (excludes halogenated alkanes) is 1. The van der Waals surface area contributed by atoms with Gasteiger partial charge >= 0.3 is 6.09 Å². The van der Waals surface area contributed by atoms with Gasteiger partial charge in [0.2, 0.25) is 0 Å². The van der Waals surface area contributed by atoms with E-state index in [2.05, 4.69) is 12.2 Å². The van der Waals surface area contributed by atoms with Crippen LogP contribution < -0.4 is 5.32 Å². The van der Waals surface area contributed by atoms with Crippen LogP contribution in [0.5, 0.6) is 0 Å². The largest absolute Gasteiger partial charge is 0.444 e. The highest BCUT2D eigenvalue weighted by atomic mass is 16.6. The fourth-order valence-electron chi connectivity index (χ4n) is 2.36. The van der Waals surface area contributed by atoms with Crippen molar-refractivity contribution in [3.63, 3.8) is 0 Å². The Morgan fingerprint density at radius 2 is 1.78 bits per heavy atom. The summed E-state index contributed by atoms with van der Waals surface area (Å²) in [6.07, 6.45) is 1.89. The number of rotatable bonds is 7. The minimum Gasteiger partial charge on any atom is -0.444 e. The van der Waals surface area contributed by atoms with E-state index >= 15 is 0 Å². The molecule has 0 aliphatic rings. The van der Waals surface area contributed by atoms with Crippen LogP contribution in [-0.2, 0) is 9.53 Å². The summed E-state index contributed by atoms with van der Waals surface area (Å²) < 4.78 is 5.34. The van der Waals surface area contributed by atoms with Crippen molar-refractivity contribution < 1.29 is 14.3 Å². The van der Waals surface area contributed by atoms with Crippen molar-refractivity contribution in [3.8, 4) is 0 Å². The molecule has 23 heavy (non-hydrogen) atoms. The summed E-state index contributed by atoms with van der Waals surface area (Å²) in [6, 6.07) is 9.19. The molecule has 1 N–H and O–H groups in total. The first-order valence-electron chi connectivity index (χ1n) is 8.31. The maximum absolute atomic E-state index is 12.4. The zero-order chi connectivity index (χ0) is 17.5. The molecule has 2 atom stereocenters. The van der Waals surface area contributed by atoms with Crippen LogP contribution in [0.25, 0.3) is 0 Å². The Kier molecular flexibility index (Phi) is 7.27. The number of carbonyl (C=O) groups is 2. The lowest BCUT2D eigenvalue weighted by molar-refractivity contribution is -0.123. The number of carbonyl (C=O) groups excluding carboxylic acids is 2. The number of ether oxygens (including phenoxy) is 1. The lowest BCUT2D eigenvalue weighted by atomic mass is 9.89. The molecule has 0 fully saturated rings. The molecule has 0 radical (unpaired) electrons. The number of ketones is 1. The highest BCUT2D eigenvalue weighted by molar-refractivity contribution is 5.82. The lowest BCUT2D eigenvalue weighted by Gasteiger charge is -2.27. The summed E-state index contributed by atoms with van der Waals surface area (Å²) in [5.41, 5.74) is 0.344. The smallest absolute Gasteiger partial charge is 0.408 e. The van der Waals surface area contributed by atoms with Gasteiger partial charge in [-0.25, -0.2) is 4.79 Å². The molecular weight excluding hydrogens is 290 g/mol. The summed E-state index contributed by atoms with van der Waals surface area (Å²) in [7, 11) is 0. The summed E-state index contributed by atoms with van der Waals surface area (Å²) in [5, 5.41) is 2.86.